The summed E-state index contributed by atoms with van der Waals surface area (Å²) in [4.78, 5) is 0. The average molecular weight is 343 g/mol. The molecular formula is C19H21NO3S. The lowest BCUT2D eigenvalue weighted by atomic mass is 10.2. The van der Waals surface area contributed by atoms with Crippen molar-refractivity contribution in [1.82, 2.24) is 4.72 Å². The number of para-hydroxylation sites is 1. The molecule has 3 rings (SSSR count). The second-order valence-electron chi connectivity index (χ2n) is 5.80. The van der Waals surface area contributed by atoms with Gasteiger partial charge in [-0.2, -0.15) is 0 Å². The van der Waals surface area contributed by atoms with Crippen LogP contribution in [-0.4, -0.2) is 20.7 Å². The molecule has 0 bridgehead atoms. The molecule has 0 aliphatic carbocycles. The first-order chi connectivity index (χ1) is 11.6. The van der Waals surface area contributed by atoms with Crippen molar-refractivity contribution >= 4 is 21.0 Å². The van der Waals surface area contributed by atoms with Crippen LogP contribution in [0.1, 0.15) is 17.7 Å². The number of benzene rings is 2. The van der Waals surface area contributed by atoms with Crippen LogP contribution in [0.4, 0.5) is 0 Å². The fraction of sp³-hybridized carbons (Fsp3) is 0.263. The van der Waals surface area contributed by atoms with Crippen molar-refractivity contribution in [3.8, 4) is 0 Å². The van der Waals surface area contributed by atoms with Gasteiger partial charge < -0.3 is 4.42 Å². The molecule has 24 heavy (non-hydrogen) atoms. The molecule has 4 nitrogen and oxygen atoms in total. The number of hydrogen-bond acceptors (Lipinski definition) is 3. The molecule has 1 aromatic heterocycles. The maximum Gasteiger partial charge on any atom is 0.211 e. The second kappa shape index (κ2) is 7.64. The molecule has 5 heteroatoms. The van der Waals surface area contributed by atoms with Gasteiger partial charge in [0.25, 0.3) is 0 Å². The molecule has 0 spiro atoms. The van der Waals surface area contributed by atoms with Gasteiger partial charge in [-0.25, -0.2) is 13.1 Å². The summed E-state index contributed by atoms with van der Waals surface area (Å²) in [5.41, 5.74) is 1.90. The van der Waals surface area contributed by atoms with Crippen LogP contribution in [0.3, 0.4) is 0 Å². The van der Waals surface area contributed by atoms with E-state index in [1.807, 2.05) is 60.7 Å². The zero-order valence-corrected chi connectivity index (χ0v) is 14.3. The quantitative estimate of drug-likeness (QED) is 0.637. The fourth-order valence-electron chi connectivity index (χ4n) is 2.62. The summed E-state index contributed by atoms with van der Waals surface area (Å²) in [6.07, 6.45) is 1.96. The van der Waals surface area contributed by atoms with Gasteiger partial charge in [0, 0.05) is 18.4 Å². The molecule has 2 aromatic carbocycles. The standard InChI is InChI=1S/C19H21NO3S/c21-24(22,14-12-16-7-2-1-3-8-16)20-13-6-10-18-15-17-9-4-5-11-19(17)23-18/h1-5,7-9,11,15,20H,6,10,12-14H2. The van der Waals surface area contributed by atoms with Gasteiger partial charge in [0.2, 0.25) is 10.0 Å². The Morgan fingerprint density at radius 1 is 0.917 bits per heavy atom. The van der Waals surface area contributed by atoms with Gasteiger partial charge >= 0.3 is 0 Å². The molecule has 0 saturated heterocycles. The van der Waals surface area contributed by atoms with Gasteiger partial charge in [-0.1, -0.05) is 48.5 Å². The number of rotatable bonds is 8. The molecule has 0 aliphatic heterocycles. The van der Waals surface area contributed by atoms with E-state index in [1.165, 1.54) is 0 Å². The highest BCUT2D eigenvalue weighted by Gasteiger charge is 2.10. The summed E-state index contributed by atoms with van der Waals surface area (Å²) in [5, 5.41) is 1.08. The zero-order valence-electron chi connectivity index (χ0n) is 13.4. The van der Waals surface area contributed by atoms with Crippen LogP contribution in [-0.2, 0) is 22.9 Å². The van der Waals surface area contributed by atoms with Crippen LogP contribution in [0.5, 0.6) is 0 Å². The number of fused-ring (bicyclic) bond motifs is 1. The van der Waals surface area contributed by atoms with Crippen molar-refractivity contribution in [2.24, 2.45) is 0 Å². The van der Waals surface area contributed by atoms with Crippen molar-refractivity contribution < 1.29 is 12.8 Å². The highest BCUT2D eigenvalue weighted by molar-refractivity contribution is 7.89. The van der Waals surface area contributed by atoms with E-state index in [1.54, 1.807) is 0 Å². The predicted octanol–water partition coefficient (Wildman–Crippen LogP) is 3.53. The summed E-state index contributed by atoms with van der Waals surface area (Å²) in [7, 11) is -3.24. The first kappa shape index (κ1) is 16.7. The molecule has 0 fully saturated rings. The molecule has 126 valence electrons. The molecule has 0 amide bonds. The molecular weight excluding hydrogens is 322 g/mol. The molecule has 3 aromatic rings. The van der Waals surface area contributed by atoms with Crippen LogP contribution in [0.2, 0.25) is 0 Å². The van der Waals surface area contributed by atoms with Gasteiger partial charge in [-0.15, -0.1) is 0 Å². The molecule has 1 N–H and O–H groups in total. The SMILES string of the molecule is O=S(=O)(CCc1ccccc1)NCCCc1cc2ccccc2o1. The molecule has 0 unspecified atom stereocenters. The van der Waals surface area contributed by atoms with Crippen LogP contribution < -0.4 is 4.72 Å². The molecule has 1 heterocycles. The largest absolute Gasteiger partial charge is 0.461 e. The van der Waals surface area contributed by atoms with Crippen LogP contribution in [0.15, 0.2) is 65.1 Å². The van der Waals surface area contributed by atoms with Gasteiger partial charge in [0.05, 0.1) is 5.75 Å². The van der Waals surface area contributed by atoms with E-state index in [4.69, 9.17) is 4.42 Å². The van der Waals surface area contributed by atoms with E-state index < -0.39 is 10.0 Å². The number of nitrogens with one attached hydrogen (secondary N) is 1. The Kier molecular flexibility index (Phi) is 5.33. The molecule has 0 aliphatic rings. The zero-order chi connectivity index (χ0) is 16.8. The molecule has 0 saturated carbocycles. The van der Waals surface area contributed by atoms with Crippen molar-refractivity contribution in [2.45, 2.75) is 19.3 Å². The maximum atomic E-state index is 12.0. The summed E-state index contributed by atoms with van der Waals surface area (Å²) in [6, 6.07) is 19.5. The van der Waals surface area contributed by atoms with Crippen molar-refractivity contribution in [2.75, 3.05) is 12.3 Å². The van der Waals surface area contributed by atoms with Gasteiger partial charge in [-0.3, -0.25) is 0 Å². The third kappa shape index (κ3) is 4.69. The third-order valence-electron chi connectivity index (χ3n) is 3.90. The second-order valence-corrected chi connectivity index (χ2v) is 7.73. The van der Waals surface area contributed by atoms with E-state index in [0.717, 1.165) is 28.7 Å². The molecule has 0 radical (unpaired) electrons. The van der Waals surface area contributed by atoms with Crippen molar-refractivity contribution in [3.63, 3.8) is 0 Å². The van der Waals surface area contributed by atoms with Crippen LogP contribution in [0, 0.1) is 0 Å². The van der Waals surface area contributed by atoms with Crippen LogP contribution in [0.25, 0.3) is 11.0 Å². The topological polar surface area (TPSA) is 59.3 Å². The van der Waals surface area contributed by atoms with Crippen molar-refractivity contribution in [3.05, 3.63) is 72.0 Å². The van der Waals surface area contributed by atoms with Crippen LogP contribution >= 0.6 is 0 Å². The van der Waals surface area contributed by atoms with E-state index in [9.17, 15) is 8.42 Å². The number of hydrogen-bond donors (Lipinski definition) is 1. The lowest BCUT2D eigenvalue weighted by Gasteiger charge is -2.06. The van der Waals surface area contributed by atoms with Gasteiger partial charge in [-0.05, 0) is 30.5 Å². The lowest BCUT2D eigenvalue weighted by molar-refractivity contribution is 0.533. The van der Waals surface area contributed by atoms with E-state index in [0.29, 0.717) is 19.4 Å². The van der Waals surface area contributed by atoms with E-state index in [-0.39, 0.29) is 5.75 Å². The lowest BCUT2D eigenvalue weighted by Crippen LogP contribution is -2.28. The summed E-state index contributed by atoms with van der Waals surface area (Å²) in [5.74, 6) is 1.00. The fourth-order valence-corrected chi connectivity index (χ4v) is 3.72. The number of furan rings is 1. The minimum Gasteiger partial charge on any atom is -0.461 e. The molecule has 0 atom stereocenters. The first-order valence-electron chi connectivity index (χ1n) is 8.11. The first-order valence-corrected chi connectivity index (χ1v) is 9.76. The predicted molar refractivity (Wildman–Crippen MR) is 96.5 cm³/mol. The summed E-state index contributed by atoms with van der Waals surface area (Å²) >= 11 is 0. The average Bonchev–Trinajstić information content (AvgIpc) is 3.01. The highest BCUT2D eigenvalue weighted by atomic mass is 32.2. The summed E-state index contributed by atoms with van der Waals surface area (Å²) in [6.45, 7) is 0.425. The minimum absolute atomic E-state index is 0.113. The smallest absolute Gasteiger partial charge is 0.211 e. The van der Waals surface area contributed by atoms with E-state index >= 15 is 0 Å². The van der Waals surface area contributed by atoms with Crippen molar-refractivity contribution in [1.29, 1.82) is 0 Å². The Bertz CT molecular complexity index is 852. The normalized spacial score (nSPS) is 11.8. The minimum atomic E-state index is -3.24. The Morgan fingerprint density at radius 2 is 1.67 bits per heavy atom. The third-order valence-corrected chi connectivity index (χ3v) is 5.29. The maximum absolute atomic E-state index is 12.0. The number of aryl methyl sites for hydroxylation is 2. The van der Waals surface area contributed by atoms with Gasteiger partial charge in [0.1, 0.15) is 11.3 Å². The highest BCUT2D eigenvalue weighted by Crippen LogP contribution is 2.19. The monoisotopic (exact) mass is 343 g/mol. The Balaban J connectivity index is 1.43. The Morgan fingerprint density at radius 3 is 2.46 bits per heavy atom. The summed E-state index contributed by atoms with van der Waals surface area (Å²) < 4.78 is 32.4. The number of sulfonamides is 1. The van der Waals surface area contributed by atoms with E-state index in [2.05, 4.69) is 4.72 Å². The Labute approximate surface area is 142 Å². The Hall–Kier alpha value is -2.11. The van der Waals surface area contributed by atoms with Gasteiger partial charge in [0.15, 0.2) is 0 Å².